The molecule has 0 nitrogen and oxygen atoms in total. The summed E-state index contributed by atoms with van der Waals surface area (Å²) in [5, 5.41) is 0. The van der Waals surface area contributed by atoms with Crippen LogP contribution in [-0.4, -0.2) is 15.6 Å². The molecule has 0 saturated carbocycles. The molecule has 0 aromatic carbocycles. The van der Waals surface area contributed by atoms with Gasteiger partial charge in [0.25, 0.3) is 5.92 Å². The van der Waals surface area contributed by atoms with Crippen LogP contribution >= 0.6 is 31.9 Å². The van der Waals surface area contributed by atoms with E-state index in [4.69, 9.17) is 0 Å². The molecule has 0 radical (unpaired) electrons. The van der Waals surface area contributed by atoms with Crippen LogP contribution in [0.4, 0.5) is 26.3 Å². The molecule has 0 unspecified atom stereocenters. The van der Waals surface area contributed by atoms with E-state index in [2.05, 4.69) is 0 Å². The highest BCUT2D eigenvalue weighted by Crippen LogP contribution is 2.42. The minimum atomic E-state index is -4.12. The molecule has 80 valence electrons. The molecule has 0 aromatic heterocycles. The maximum absolute atomic E-state index is 12.4. The summed E-state index contributed by atoms with van der Waals surface area (Å²) in [6.07, 6.45) is -3.91. The third-order valence-corrected chi connectivity index (χ3v) is 1.48. The summed E-state index contributed by atoms with van der Waals surface area (Å²) in [5.74, 6) is -4.12. The van der Waals surface area contributed by atoms with E-state index in [1.165, 1.54) is 0 Å². The topological polar surface area (TPSA) is 0 Å². The molecule has 0 spiro atoms. The molecule has 0 bridgehead atoms. The lowest BCUT2D eigenvalue weighted by molar-refractivity contribution is -0.103. The van der Waals surface area contributed by atoms with Gasteiger partial charge in [-0.25, -0.2) is 8.78 Å². The average Bonchev–Trinajstić information content (AvgIpc) is 1.43. The molecule has 0 atom stereocenters. The van der Waals surface area contributed by atoms with Gasteiger partial charge in [0, 0.05) is 0 Å². The van der Waals surface area contributed by atoms with Crippen molar-refractivity contribution in [1.82, 2.24) is 0 Å². The highest BCUT2D eigenvalue weighted by Gasteiger charge is 2.47. The second kappa shape index (κ2) is 3.96. The summed E-state index contributed by atoms with van der Waals surface area (Å²) in [7, 11) is 0. The molecule has 0 heterocycles. The Balaban J connectivity index is 4.25. The molecule has 0 amide bonds. The lowest BCUT2D eigenvalue weighted by Crippen LogP contribution is -2.29. The maximum Gasteiger partial charge on any atom is 0.307 e. The molecule has 8 heteroatoms. The third-order valence-electron chi connectivity index (χ3n) is 0.918. The fourth-order valence-electron chi connectivity index (χ4n) is 0.649. The second-order valence-corrected chi connectivity index (χ2v) is 4.76. The molecule has 0 aliphatic carbocycles. The number of halogens is 8. The van der Waals surface area contributed by atoms with Gasteiger partial charge in [-0.05, 0) is 31.9 Å². The van der Waals surface area contributed by atoms with Crippen LogP contribution in [0, 0.1) is 0 Å². The van der Waals surface area contributed by atoms with Crippen LogP contribution in [0.15, 0.2) is 0 Å². The second-order valence-electron chi connectivity index (χ2n) is 2.44. The summed E-state index contributed by atoms with van der Waals surface area (Å²) in [6.45, 7) is 0. The Labute approximate surface area is 86.9 Å². The van der Waals surface area contributed by atoms with Crippen LogP contribution in [0.3, 0.4) is 0 Å². The number of rotatable bonds is 4. The van der Waals surface area contributed by atoms with Crippen LogP contribution in [0.2, 0.25) is 0 Å². The fraction of sp³-hybridized carbons (Fsp3) is 1.00. The average molecular weight is 338 g/mol. The first-order valence-corrected chi connectivity index (χ1v) is 4.51. The van der Waals surface area contributed by atoms with E-state index in [1.54, 1.807) is 31.9 Å². The minimum absolute atomic E-state index is 1.65. The van der Waals surface area contributed by atoms with E-state index in [0.717, 1.165) is 0 Å². The van der Waals surface area contributed by atoms with Gasteiger partial charge < -0.3 is 0 Å². The number of alkyl halides is 8. The number of hydrogen-bond donors (Lipinski definition) is 0. The first kappa shape index (κ1) is 13.5. The molecule has 0 fully saturated rings. The monoisotopic (exact) mass is 336 g/mol. The summed E-state index contributed by atoms with van der Waals surface area (Å²) in [5.41, 5.74) is 0. The molecule has 0 rings (SSSR count). The Morgan fingerprint density at radius 3 is 1.08 bits per heavy atom. The van der Waals surface area contributed by atoms with Crippen LogP contribution in [0.5, 0.6) is 0 Å². The van der Waals surface area contributed by atoms with Gasteiger partial charge in [-0.15, -0.1) is 0 Å². The van der Waals surface area contributed by atoms with Gasteiger partial charge in [-0.1, -0.05) is 0 Å². The standard InChI is InChI=1S/C5H4Br2F6/c6-4(10,11)1-3(8,9)2-5(7,12)13/h1-2H2. The Hall–Kier alpha value is 0.540. The Morgan fingerprint density at radius 1 is 0.692 bits per heavy atom. The Kier molecular flexibility index (Phi) is 4.12. The van der Waals surface area contributed by atoms with Crippen LogP contribution in [0.1, 0.15) is 12.8 Å². The van der Waals surface area contributed by atoms with Crippen molar-refractivity contribution in [1.29, 1.82) is 0 Å². The van der Waals surface area contributed by atoms with Crippen molar-refractivity contribution in [2.45, 2.75) is 28.4 Å². The van der Waals surface area contributed by atoms with E-state index >= 15 is 0 Å². The first-order chi connectivity index (χ1) is 5.41. The SMILES string of the molecule is FC(F)(Br)CC(F)(F)CC(F)(F)Br. The van der Waals surface area contributed by atoms with Crippen molar-refractivity contribution < 1.29 is 26.3 Å². The van der Waals surface area contributed by atoms with E-state index in [0.29, 0.717) is 0 Å². The smallest absolute Gasteiger partial charge is 0.206 e. The van der Waals surface area contributed by atoms with Gasteiger partial charge in [0.15, 0.2) is 0 Å². The zero-order valence-corrected chi connectivity index (χ0v) is 9.11. The fourth-order valence-corrected chi connectivity index (χ4v) is 1.47. The van der Waals surface area contributed by atoms with Crippen LogP contribution in [0.25, 0.3) is 0 Å². The third kappa shape index (κ3) is 8.86. The van der Waals surface area contributed by atoms with Gasteiger partial charge in [-0.2, -0.15) is 17.6 Å². The molecule has 0 aromatic rings. The molecule has 0 aliphatic heterocycles. The first-order valence-electron chi connectivity index (χ1n) is 2.93. The van der Waals surface area contributed by atoms with Gasteiger partial charge in [0.1, 0.15) is 0 Å². The molecule has 0 aliphatic rings. The number of hydrogen-bond acceptors (Lipinski definition) is 0. The quantitative estimate of drug-likeness (QED) is 0.527. The van der Waals surface area contributed by atoms with Crippen molar-refractivity contribution in [3.63, 3.8) is 0 Å². The van der Waals surface area contributed by atoms with Crippen LogP contribution < -0.4 is 0 Å². The van der Waals surface area contributed by atoms with Gasteiger partial charge in [0.05, 0.1) is 12.8 Å². The highest BCUT2D eigenvalue weighted by molar-refractivity contribution is 9.10. The van der Waals surface area contributed by atoms with E-state index < -0.39 is 28.4 Å². The maximum atomic E-state index is 12.4. The zero-order valence-electron chi connectivity index (χ0n) is 5.94. The highest BCUT2D eigenvalue weighted by atomic mass is 79.9. The lowest BCUT2D eigenvalue weighted by Gasteiger charge is -2.21. The van der Waals surface area contributed by atoms with Crippen molar-refractivity contribution in [2.75, 3.05) is 0 Å². The Bertz CT molecular complexity index is 151. The van der Waals surface area contributed by atoms with Gasteiger partial charge in [-0.3, -0.25) is 0 Å². The zero-order chi connectivity index (χ0) is 10.9. The van der Waals surface area contributed by atoms with E-state index in [-0.39, 0.29) is 0 Å². The predicted molar refractivity (Wildman–Crippen MR) is 41.9 cm³/mol. The summed E-state index contributed by atoms with van der Waals surface area (Å²) in [6, 6.07) is 0. The molecule has 0 N–H and O–H groups in total. The van der Waals surface area contributed by atoms with Crippen molar-refractivity contribution >= 4 is 31.9 Å². The summed E-state index contributed by atoms with van der Waals surface area (Å²) < 4.78 is 72.7. The molecular weight excluding hydrogens is 334 g/mol. The molecular formula is C5H4Br2F6. The largest absolute Gasteiger partial charge is 0.307 e. The molecule has 13 heavy (non-hydrogen) atoms. The molecule has 0 saturated heterocycles. The van der Waals surface area contributed by atoms with Crippen LogP contribution in [-0.2, 0) is 0 Å². The Morgan fingerprint density at radius 2 is 0.923 bits per heavy atom. The van der Waals surface area contributed by atoms with Crippen molar-refractivity contribution in [3.05, 3.63) is 0 Å². The van der Waals surface area contributed by atoms with Gasteiger partial charge >= 0.3 is 9.66 Å². The predicted octanol–water partition coefficient (Wildman–Crippen LogP) is 4.38. The lowest BCUT2D eigenvalue weighted by atomic mass is 10.2. The van der Waals surface area contributed by atoms with E-state index in [1.807, 2.05) is 0 Å². The minimum Gasteiger partial charge on any atom is -0.206 e. The van der Waals surface area contributed by atoms with E-state index in [9.17, 15) is 26.3 Å². The summed E-state index contributed by atoms with van der Waals surface area (Å²) in [4.78, 5) is -7.68. The van der Waals surface area contributed by atoms with Gasteiger partial charge in [0.2, 0.25) is 0 Å². The van der Waals surface area contributed by atoms with Crippen molar-refractivity contribution in [3.8, 4) is 0 Å². The van der Waals surface area contributed by atoms with Crippen molar-refractivity contribution in [2.24, 2.45) is 0 Å². The summed E-state index contributed by atoms with van der Waals surface area (Å²) >= 11 is 3.30. The normalized spacial score (nSPS) is 14.8.